The predicted octanol–water partition coefficient (Wildman–Crippen LogP) is 2.31. The molecule has 0 saturated heterocycles. The smallest absolute Gasteiger partial charge is 0.307 e. The summed E-state index contributed by atoms with van der Waals surface area (Å²) in [7, 11) is 1.30. The minimum absolute atomic E-state index is 0.0616. The van der Waals surface area contributed by atoms with E-state index in [2.05, 4.69) is 15.4 Å². The van der Waals surface area contributed by atoms with E-state index in [9.17, 15) is 9.59 Å². The monoisotopic (exact) mass is 315 g/mol. The highest BCUT2D eigenvalue weighted by Gasteiger charge is 2.12. The summed E-state index contributed by atoms with van der Waals surface area (Å²) in [4.78, 5) is 23.1. The molecule has 0 fully saturated rings. The second-order valence-electron chi connectivity index (χ2n) is 5.15. The van der Waals surface area contributed by atoms with E-state index < -0.39 is 5.91 Å². The van der Waals surface area contributed by atoms with Crippen molar-refractivity contribution in [2.75, 3.05) is 19.0 Å². The molecule has 2 N–H and O–H groups in total. The van der Waals surface area contributed by atoms with Crippen LogP contribution in [0.15, 0.2) is 36.0 Å². The van der Waals surface area contributed by atoms with Gasteiger partial charge in [0, 0.05) is 18.4 Å². The molecule has 0 radical (unpaired) electrons. The number of hydrogen-bond donors (Lipinski definition) is 2. The van der Waals surface area contributed by atoms with Gasteiger partial charge in [-0.1, -0.05) is 32.0 Å². The fraction of sp³-hybridized carbons (Fsp3) is 0.353. The number of carbonyl (C=O) groups excluding carboxylic acids is 2. The van der Waals surface area contributed by atoms with Crippen LogP contribution in [0.2, 0.25) is 0 Å². The Balaban J connectivity index is 2.71. The van der Waals surface area contributed by atoms with E-state index in [4.69, 9.17) is 5.26 Å². The van der Waals surface area contributed by atoms with Crippen LogP contribution in [-0.2, 0) is 14.3 Å². The maximum absolute atomic E-state index is 12.2. The standard InChI is InChI=1S/C17H21N3O3/c1-12(2)14-6-4-5-7-15(14)20-17(22)13(10-18)11-19-9-8-16(21)23-3/h4-7,11-12,19H,8-9H2,1-3H3,(H,20,22)/b13-11-. The number of nitriles is 1. The van der Waals surface area contributed by atoms with Crippen LogP contribution in [0, 0.1) is 11.3 Å². The van der Waals surface area contributed by atoms with Gasteiger partial charge in [-0.2, -0.15) is 5.26 Å². The number of carbonyl (C=O) groups is 2. The molecule has 0 spiro atoms. The Bertz CT molecular complexity index is 630. The zero-order chi connectivity index (χ0) is 17.2. The lowest BCUT2D eigenvalue weighted by Crippen LogP contribution is -2.19. The van der Waals surface area contributed by atoms with Crippen LogP contribution in [0.25, 0.3) is 0 Å². The molecule has 0 aromatic heterocycles. The zero-order valence-electron chi connectivity index (χ0n) is 13.6. The van der Waals surface area contributed by atoms with E-state index in [0.717, 1.165) is 5.56 Å². The van der Waals surface area contributed by atoms with Gasteiger partial charge in [-0.05, 0) is 17.5 Å². The van der Waals surface area contributed by atoms with Crippen LogP contribution in [0.1, 0.15) is 31.7 Å². The van der Waals surface area contributed by atoms with E-state index in [1.54, 1.807) is 6.07 Å². The van der Waals surface area contributed by atoms with Crippen LogP contribution in [0.5, 0.6) is 0 Å². The molecule has 0 unspecified atom stereocenters. The average Bonchev–Trinajstić information content (AvgIpc) is 2.54. The molecule has 0 aliphatic rings. The molecule has 122 valence electrons. The van der Waals surface area contributed by atoms with E-state index in [1.807, 2.05) is 38.1 Å². The maximum atomic E-state index is 12.2. The first-order chi connectivity index (χ1) is 11.0. The largest absolute Gasteiger partial charge is 0.469 e. The van der Waals surface area contributed by atoms with Crippen molar-refractivity contribution in [1.82, 2.24) is 5.32 Å². The number of hydrogen-bond acceptors (Lipinski definition) is 5. The molecular formula is C17H21N3O3. The van der Waals surface area contributed by atoms with E-state index in [0.29, 0.717) is 5.69 Å². The fourth-order valence-electron chi connectivity index (χ4n) is 1.90. The molecule has 6 nitrogen and oxygen atoms in total. The quantitative estimate of drug-likeness (QED) is 0.349. The average molecular weight is 315 g/mol. The molecule has 0 atom stereocenters. The van der Waals surface area contributed by atoms with Crippen molar-refractivity contribution in [2.24, 2.45) is 0 Å². The fourth-order valence-corrected chi connectivity index (χ4v) is 1.90. The Morgan fingerprint density at radius 1 is 1.35 bits per heavy atom. The van der Waals surface area contributed by atoms with Gasteiger partial charge in [-0.25, -0.2) is 0 Å². The summed E-state index contributed by atoms with van der Waals surface area (Å²) in [6.07, 6.45) is 1.46. The van der Waals surface area contributed by atoms with Crippen LogP contribution in [0.4, 0.5) is 5.69 Å². The first kappa shape index (κ1) is 18.2. The number of nitrogens with zero attached hydrogens (tertiary/aromatic N) is 1. The summed E-state index contributed by atoms with van der Waals surface area (Å²) in [5.74, 6) is -0.606. The van der Waals surface area contributed by atoms with Crippen molar-refractivity contribution >= 4 is 17.6 Å². The van der Waals surface area contributed by atoms with Crippen LogP contribution in [-0.4, -0.2) is 25.5 Å². The van der Waals surface area contributed by atoms with Crippen molar-refractivity contribution in [2.45, 2.75) is 26.2 Å². The van der Waals surface area contributed by atoms with Gasteiger partial charge in [0.25, 0.3) is 5.91 Å². The number of esters is 1. The lowest BCUT2D eigenvalue weighted by molar-refractivity contribution is -0.140. The first-order valence-electron chi connectivity index (χ1n) is 7.30. The van der Waals surface area contributed by atoms with Crippen molar-refractivity contribution in [3.63, 3.8) is 0 Å². The number of methoxy groups -OCH3 is 1. The summed E-state index contributed by atoms with van der Waals surface area (Å²) in [6, 6.07) is 9.31. The number of para-hydroxylation sites is 1. The number of ether oxygens (including phenoxy) is 1. The molecule has 0 aliphatic heterocycles. The molecule has 1 aromatic carbocycles. The lowest BCUT2D eigenvalue weighted by atomic mass is 10.0. The van der Waals surface area contributed by atoms with E-state index >= 15 is 0 Å². The predicted molar refractivity (Wildman–Crippen MR) is 87.5 cm³/mol. The van der Waals surface area contributed by atoms with Gasteiger partial charge in [0.2, 0.25) is 0 Å². The summed E-state index contributed by atoms with van der Waals surface area (Å²) >= 11 is 0. The van der Waals surface area contributed by atoms with Gasteiger partial charge in [0.05, 0.1) is 13.5 Å². The van der Waals surface area contributed by atoms with Crippen LogP contribution < -0.4 is 10.6 Å². The second kappa shape index (κ2) is 9.26. The normalized spacial score (nSPS) is 10.8. The molecule has 1 rings (SSSR count). The Morgan fingerprint density at radius 3 is 2.65 bits per heavy atom. The first-order valence-corrected chi connectivity index (χ1v) is 7.30. The lowest BCUT2D eigenvalue weighted by Gasteiger charge is -2.13. The molecule has 1 aromatic rings. The van der Waals surface area contributed by atoms with Crippen molar-refractivity contribution in [3.8, 4) is 6.07 Å². The summed E-state index contributed by atoms with van der Waals surface area (Å²) in [6.45, 7) is 4.34. The van der Waals surface area contributed by atoms with Crippen LogP contribution in [0.3, 0.4) is 0 Å². The number of amides is 1. The second-order valence-corrected chi connectivity index (χ2v) is 5.15. The highest BCUT2D eigenvalue weighted by atomic mass is 16.5. The van der Waals surface area contributed by atoms with Gasteiger partial charge in [0.1, 0.15) is 11.6 Å². The third-order valence-electron chi connectivity index (χ3n) is 3.14. The number of anilines is 1. The SMILES string of the molecule is COC(=O)CCN/C=C(/C#N)C(=O)Nc1ccccc1C(C)C. The number of nitrogens with one attached hydrogen (secondary N) is 2. The minimum Gasteiger partial charge on any atom is -0.469 e. The topological polar surface area (TPSA) is 91.2 Å². The number of rotatable bonds is 7. The summed E-state index contributed by atoms with van der Waals surface area (Å²) < 4.78 is 4.50. The highest BCUT2D eigenvalue weighted by molar-refractivity contribution is 6.06. The molecular weight excluding hydrogens is 294 g/mol. The molecule has 0 aliphatic carbocycles. The number of benzene rings is 1. The molecule has 0 heterocycles. The Hall–Kier alpha value is -2.81. The molecule has 23 heavy (non-hydrogen) atoms. The van der Waals surface area contributed by atoms with Gasteiger partial charge in [0.15, 0.2) is 0 Å². The van der Waals surface area contributed by atoms with Crippen molar-refractivity contribution in [1.29, 1.82) is 5.26 Å². The minimum atomic E-state index is -0.494. The Morgan fingerprint density at radius 2 is 2.04 bits per heavy atom. The molecule has 6 heteroatoms. The van der Waals surface area contributed by atoms with Crippen molar-refractivity contribution in [3.05, 3.63) is 41.6 Å². The third kappa shape index (κ3) is 5.83. The van der Waals surface area contributed by atoms with Gasteiger partial charge >= 0.3 is 5.97 Å². The van der Waals surface area contributed by atoms with Crippen molar-refractivity contribution < 1.29 is 14.3 Å². The molecule has 0 bridgehead atoms. The Kier molecular flexibility index (Phi) is 7.34. The summed E-state index contributed by atoms with van der Waals surface area (Å²) in [5.41, 5.74) is 1.62. The molecule has 0 saturated carbocycles. The highest BCUT2D eigenvalue weighted by Crippen LogP contribution is 2.23. The molecule has 1 amide bonds. The zero-order valence-corrected chi connectivity index (χ0v) is 13.6. The van der Waals surface area contributed by atoms with E-state index in [-0.39, 0.29) is 30.4 Å². The van der Waals surface area contributed by atoms with Gasteiger partial charge in [-0.3, -0.25) is 9.59 Å². The Labute approximate surface area is 136 Å². The third-order valence-corrected chi connectivity index (χ3v) is 3.14. The van der Waals surface area contributed by atoms with Crippen LogP contribution >= 0.6 is 0 Å². The van der Waals surface area contributed by atoms with Gasteiger partial charge < -0.3 is 15.4 Å². The van der Waals surface area contributed by atoms with E-state index in [1.165, 1.54) is 13.3 Å². The summed E-state index contributed by atoms with van der Waals surface area (Å²) in [5, 5.41) is 14.6. The maximum Gasteiger partial charge on any atom is 0.307 e. The van der Waals surface area contributed by atoms with Gasteiger partial charge in [-0.15, -0.1) is 0 Å².